The Bertz CT molecular complexity index is 1200. The fraction of sp³-hybridized carbons (Fsp3) is 0.304. The quantitative estimate of drug-likeness (QED) is 0.474. The molecule has 1 N–H and O–H groups in total. The number of carboxylic acid groups (broad SMARTS) is 1. The molecule has 172 valence electrons. The van der Waals surface area contributed by atoms with Gasteiger partial charge in [-0.1, -0.05) is 23.4 Å². The Hall–Kier alpha value is -3.87. The zero-order chi connectivity index (χ0) is 24.2. The third-order valence-corrected chi connectivity index (χ3v) is 4.65. The molecular weight excluding hydrogens is 439 g/mol. The summed E-state index contributed by atoms with van der Waals surface area (Å²) in [6.07, 6.45) is -5.11. The summed E-state index contributed by atoms with van der Waals surface area (Å²) < 4.78 is 52.5. The van der Waals surface area contributed by atoms with Crippen molar-refractivity contribution in [1.29, 1.82) is 5.26 Å². The fourth-order valence-corrected chi connectivity index (χ4v) is 3.32. The Labute approximate surface area is 187 Å². The molecule has 0 saturated carbocycles. The highest BCUT2D eigenvalue weighted by Crippen LogP contribution is 2.39. The van der Waals surface area contributed by atoms with Crippen LogP contribution in [0, 0.1) is 11.3 Å². The number of halogens is 3. The van der Waals surface area contributed by atoms with Crippen molar-refractivity contribution >= 4 is 5.97 Å². The van der Waals surface area contributed by atoms with E-state index in [9.17, 15) is 23.2 Å². The zero-order valence-corrected chi connectivity index (χ0v) is 17.8. The summed E-state index contributed by atoms with van der Waals surface area (Å²) in [4.78, 5) is 14.9. The molecule has 0 aliphatic carbocycles. The Morgan fingerprint density at radius 1 is 1.27 bits per heavy atom. The Morgan fingerprint density at radius 3 is 2.67 bits per heavy atom. The van der Waals surface area contributed by atoms with Gasteiger partial charge in [0.25, 0.3) is 5.89 Å². The van der Waals surface area contributed by atoms with Crippen molar-refractivity contribution in [2.24, 2.45) is 0 Å². The van der Waals surface area contributed by atoms with E-state index in [1.807, 2.05) is 19.9 Å². The highest BCUT2D eigenvalue weighted by atomic mass is 19.4. The molecule has 0 fully saturated rings. The largest absolute Gasteiger partial charge is 0.490 e. The van der Waals surface area contributed by atoms with Crippen LogP contribution in [0.15, 0.2) is 40.9 Å². The van der Waals surface area contributed by atoms with Gasteiger partial charge in [0.15, 0.2) is 0 Å². The van der Waals surface area contributed by atoms with Gasteiger partial charge < -0.3 is 14.4 Å². The average molecular weight is 459 g/mol. The van der Waals surface area contributed by atoms with Crippen molar-refractivity contribution in [2.75, 3.05) is 0 Å². The smallest absolute Gasteiger partial charge is 0.417 e. The summed E-state index contributed by atoms with van der Waals surface area (Å²) in [6.45, 7) is 3.63. The predicted molar refractivity (Wildman–Crippen MR) is 111 cm³/mol. The van der Waals surface area contributed by atoms with Crippen molar-refractivity contribution in [1.82, 2.24) is 10.1 Å². The van der Waals surface area contributed by atoms with E-state index in [1.54, 1.807) is 12.1 Å². The van der Waals surface area contributed by atoms with E-state index < -0.39 is 17.7 Å². The molecule has 10 heteroatoms. The summed E-state index contributed by atoms with van der Waals surface area (Å²) in [5, 5.41) is 21.9. The van der Waals surface area contributed by atoms with Crippen LogP contribution in [0.1, 0.15) is 43.4 Å². The summed E-state index contributed by atoms with van der Waals surface area (Å²) in [5.41, 5.74) is -0.675. The van der Waals surface area contributed by atoms with Gasteiger partial charge >= 0.3 is 12.1 Å². The molecule has 0 atom stereocenters. The van der Waals surface area contributed by atoms with Gasteiger partial charge in [0.1, 0.15) is 11.8 Å². The minimum absolute atomic E-state index is 0.0467. The Kier molecular flexibility index (Phi) is 7.01. The third-order valence-electron chi connectivity index (χ3n) is 4.65. The summed E-state index contributed by atoms with van der Waals surface area (Å²) in [6, 6.07) is 10.6. The van der Waals surface area contributed by atoms with Gasteiger partial charge in [-0.3, -0.25) is 4.79 Å². The lowest BCUT2D eigenvalue weighted by atomic mass is 9.96. The van der Waals surface area contributed by atoms with Crippen LogP contribution in [0.3, 0.4) is 0 Å². The number of rotatable bonds is 8. The molecule has 3 aromatic rings. The van der Waals surface area contributed by atoms with Crippen LogP contribution >= 0.6 is 0 Å². The molecule has 33 heavy (non-hydrogen) atoms. The lowest BCUT2D eigenvalue weighted by Gasteiger charge is -2.15. The minimum Gasteiger partial charge on any atom is -0.490 e. The number of hydrogen-bond donors (Lipinski definition) is 1. The number of aryl methyl sites for hydroxylation is 1. The van der Waals surface area contributed by atoms with Crippen molar-refractivity contribution < 1.29 is 32.3 Å². The first kappa shape index (κ1) is 23.8. The van der Waals surface area contributed by atoms with E-state index in [2.05, 4.69) is 10.1 Å². The molecule has 0 aliphatic heterocycles. The molecule has 0 spiro atoms. The number of nitriles is 1. The Morgan fingerprint density at radius 2 is 2.03 bits per heavy atom. The van der Waals surface area contributed by atoms with Gasteiger partial charge in [0.2, 0.25) is 5.82 Å². The second-order valence-corrected chi connectivity index (χ2v) is 7.50. The van der Waals surface area contributed by atoms with Crippen LogP contribution in [-0.2, 0) is 17.4 Å². The Balaban J connectivity index is 1.99. The molecule has 3 rings (SSSR count). The van der Waals surface area contributed by atoms with E-state index in [0.717, 1.165) is 0 Å². The van der Waals surface area contributed by atoms with Crippen LogP contribution in [0.2, 0.25) is 0 Å². The number of ether oxygens (including phenoxy) is 1. The molecule has 2 aromatic carbocycles. The zero-order valence-electron chi connectivity index (χ0n) is 17.8. The van der Waals surface area contributed by atoms with Crippen LogP contribution < -0.4 is 4.74 Å². The molecule has 0 bridgehead atoms. The molecule has 0 aliphatic rings. The molecule has 0 saturated heterocycles. The van der Waals surface area contributed by atoms with E-state index in [-0.39, 0.29) is 53.8 Å². The second-order valence-electron chi connectivity index (χ2n) is 7.50. The fourth-order valence-electron chi connectivity index (χ4n) is 3.32. The second kappa shape index (κ2) is 9.73. The molecule has 0 unspecified atom stereocenters. The normalized spacial score (nSPS) is 11.4. The number of nitrogens with zero attached hydrogens (tertiary/aromatic N) is 3. The van der Waals surface area contributed by atoms with Gasteiger partial charge in [-0.2, -0.15) is 23.4 Å². The van der Waals surface area contributed by atoms with E-state index in [4.69, 9.17) is 14.4 Å². The topological polar surface area (TPSA) is 109 Å². The molecular formula is C23H20F3N3O4. The van der Waals surface area contributed by atoms with Crippen molar-refractivity contribution in [3.63, 3.8) is 0 Å². The molecule has 1 heterocycles. The van der Waals surface area contributed by atoms with Crippen LogP contribution in [-0.4, -0.2) is 27.3 Å². The van der Waals surface area contributed by atoms with Gasteiger partial charge in [0.05, 0.1) is 17.2 Å². The number of alkyl halides is 3. The number of hydrogen-bond acceptors (Lipinski definition) is 6. The molecule has 0 radical (unpaired) electrons. The number of aromatic nitrogens is 2. The van der Waals surface area contributed by atoms with Gasteiger partial charge in [-0.05, 0) is 50.5 Å². The SMILES string of the molecule is CC(C)Oc1ccc(-c2nc(-c3cccc(CCCC(=O)O)c3C(F)(F)F)no2)cc1C#N. The third kappa shape index (κ3) is 5.68. The lowest BCUT2D eigenvalue weighted by Crippen LogP contribution is -2.12. The average Bonchev–Trinajstić information content (AvgIpc) is 3.22. The number of carboxylic acids is 1. The van der Waals surface area contributed by atoms with Gasteiger partial charge in [0, 0.05) is 17.5 Å². The maximum absolute atomic E-state index is 13.9. The van der Waals surface area contributed by atoms with Crippen LogP contribution in [0.5, 0.6) is 5.75 Å². The van der Waals surface area contributed by atoms with E-state index >= 15 is 0 Å². The minimum atomic E-state index is -4.71. The van der Waals surface area contributed by atoms with Gasteiger partial charge in [-0.15, -0.1) is 0 Å². The molecule has 7 nitrogen and oxygen atoms in total. The predicted octanol–water partition coefficient (Wildman–Crippen LogP) is 5.49. The number of benzene rings is 2. The van der Waals surface area contributed by atoms with Crippen molar-refractivity contribution in [3.8, 4) is 34.7 Å². The van der Waals surface area contributed by atoms with E-state index in [0.29, 0.717) is 11.3 Å². The van der Waals surface area contributed by atoms with Crippen molar-refractivity contribution in [3.05, 3.63) is 53.1 Å². The monoisotopic (exact) mass is 459 g/mol. The first-order chi connectivity index (χ1) is 15.6. The highest BCUT2D eigenvalue weighted by molar-refractivity contribution is 5.68. The summed E-state index contributed by atoms with van der Waals surface area (Å²) in [5.74, 6) is -1.03. The first-order valence-electron chi connectivity index (χ1n) is 10.1. The van der Waals surface area contributed by atoms with E-state index in [1.165, 1.54) is 24.3 Å². The van der Waals surface area contributed by atoms with Crippen LogP contribution in [0.25, 0.3) is 22.8 Å². The number of aliphatic carboxylic acids is 1. The standard InChI is InChI=1S/C23H20F3N3O4/c1-13(2)32-18-10-9-15(11-16(18)12-27)22-28-21(29-33-22)17-7-3-5-14(6-4-8-19(30)31)20(17)23(24,25)26/h3,5,7,9-11,13H,4,6,8H2,1-2H3,(H,30,31). The van der Waals surface area contributed by atoms with Crippen molar-refractivity contribution in [2.45, 2.75) is 45.4 Å². The summed E-state index contributed by atoms with van der Waals surface area (Å²) >= 11 is 0. The maximum atomic E-state index is 13.9. The maximum Gasteiger partial charge on any atom is 0.417 e. The molecule has 0 amide bonds. The van der Waals surface area contributed by atoms with Gasteiger partial charge in [-0.25, -0.2) is 0 Å². The van der Waals surface area contributed by atoms with Crippen LogP contribution in [0.4, 0.5) is 13.2 Å². The first-order valence-corrected chi connectivity index (χ1v) is 10.1. The number of carbonyl (C=O) groups is 1. The molecule has 1 aromatic heterocycles. The lowest BCUT2D eigenvalue weighted by molar-refractivity contribution is -0.137. The summed E-state index contributed by atoms with van der Waals surface area (Å²) in [7, 11) is 0. The highest BCUT2D eigenvalue weighted by Gasteiger charge is 2.37.